The highest BCUT2D eigenvalue weighted by atomic mass is 16.5. The second-order valence-corrected chi connectivity index (χ2v) is 7.20. The van der Waals surface area contributed by atoms with E-state index in [1.807, 2.05) is 0 Å². The fraction of sp³-hybridized carbons (Fsp3) is 0.455. The predicted octanol–water partition coefficient (Wildman–Crippen LogP) is 4.47. The van der Waals surface area contributed by atoms with E-state index in [1.54, 1.807) is 0 Å². The molecule has 0 fully saturated rings. The molecule has 3 nitrogen and oxygen atoms in total. The fourth-order valence-electron chi connectivity index (χ4n) is 2.78. The third-order valence-electron chi connectivity index (χ3n) is 4.22. The molecule has 3 heteroatoms. The molecule has 0 spiro atoms. The highest BCUT2D eigenvalue weighted by Crippen LogP contribution is 2.22. The van der Waals surface area contributed by atoms with Gasteiger partial charge in [-0.15, -0.1) is 0 Å². The quantitative estimate of drug-likeness (QED) is 0.635. The summed E-state index contributed by atoms with van der Waals surface area (Å²) in [5.74, 6) is 1.80. The lowest BCUT2D eigenvalue weighted by Gasteiger charge is -2.11. The van der Waals surface area contributed by atoms with Gasteiger partial charge in [0, 0.05) is 0 Å². The molecular weight excluding hydrogens is 308 g/mol. The minimum atomic E-state index is 0.900. The molecular formula is C22H32N2O. The fourth-order valence-corrected chi connectivity index (χ4v) is 2.78. The van der Waals surface area contributed by atoms with E-state index in [9.17, 15) is 0 Å². The minimum Gasteiger partial charge on any atom is -0.457 e. The van der Waals surface area contributed by atoms with Crippen LogP contribution in [0.2, 0.25) is 0 Å². The maximum Gasteiger partial charge on any atom is 0.127 e. The van der Waals surface area contributed by atoms with E-state index in [4.69, 9.17) is 4.74 Å². The summed E-state index contributed by atoms with van der Waals surface area (Å²) in [6.45, 7) is 2.25. The van der Waals surface area contributed by atoms with Crippen LogP contribution in [-0.4, -0.2) is 51.1 Å². The molecule has 0 amide bonds. The standard InChI is InChI=1S/C22H32N2O/c1-23(2)17-5-7-19-9-13-21(14-10-19)25-22-15-11-20(12-16-22)8-6-18-24(3)4/h9-16H,5-8,17-18H2,1-4H3. The lowest BCUT2D eigenvalue weighted by atomic mass is 10.1. The average molecular weight is 341 g/mol. The number of aryl methyl sites for hydroxylation is 2. The van der Waals surface area contributed by atoms with Gasteiger partial charge in [-0.1, -0.05) is 24.3 Å². The second-order valence-electron chi connectivity index (χ2n) is 7.20. The van der Waals surface area contributed by atoms with Crippen LogP contribution in [0.5, 0.6) is 11.5 Å². The Morgan fingerprint density at radius 2 is 0.960 bits per heavy atom. The summed E-state index contributed by atoms with van der Waals surface area (Å²) in [7, 11) is 8.46. The number of nitrogens with zero attached hydrogens (tertiary/aromatic N) is 2. The van der Waals surface area contributed by atoms with Crippen molar-refractivity contribution in [1.29, 1.82) is 0 Å². The first kappa shape index (κ1) is 19.5. The Labute approximate surface area is 153 Å². The molecule has 2 rings (SSSR count). The molecule has 2 aromatic carbocycles. The Hall–Kier alpha value is -1.84. The molecule has 0 aliphatic rings. The van der Waals surface area contributed by atoms with E-state index < -0.39 is 0 Å². The van der Waals surface area contributed by atoms with Gasteiger partial charge in [-0.05, 0) is 102 Å². The van der Waals surface area contributed by atoms with E-state index in [0.29, 0.717) is 0 Å². The molecule has 0 unspecified atom stereocenters. The van der Waals surface area contributed by atoms with Crippen LogP contribution in [0, 0.1) is 0 Å². The lowest BCUT2D eigenvalue weighted by Crippen LogP contribution is -2.13. The van der Waals surface area contributed by atoms with Gasteiger partial charge in [0.2, 0.25) is 0 Å². The SMILES string of the molecule is CN(C)CCCc1ccc(Oc2ccc(CCCN(C)C)cc2)cc1. The zero-order chi connectivity index (χ0) is 18.1. The van der Waals surface area contributed by atoms with Crippen LogP contribution < -0.4 is 4.74 Å². The zero-order valence-corrected chi connectivity index (χ0v) is 16.2. The normalized spacial score (nSPS) is 11.3. The Bertz CT molecular complexity index is 547. The summed E-state index contributed by atoms with van der Waals surface area (Å²) in [6.07, 6.45) is 4.59. The Balaban J connectivity index is 1.81. The number of hydrogen-bond donors (Lipinski definition) is 0. The molecule has 0 aromatic heterocycles. The molecule has 0 saturated heterocycles. The van der Waals surface area contributed by atoms with Gasteiger partial charge in [0.05, 0.1) is 0 Å². The summed E-state index contributed by atoms with van der Waals surface area (Å²) in [5.41, 5.74) is 2.73. The van der Waals surface area contributed by atoms with Gasteiger partial charge in [-0.25, -0.2) is 0 Å². The van der Waals surface area contributed by atoms with Gasteiger partial charge >= 0.3 is 0 Å². The highest BCUT2D eigenvalue weighted by Gasteiger charge is 2.00. The molecule has 25 heavy (non-hydrogen) atoms. The smallest absolute Gasteiger partial charge is 0.127 e. The van der Waals surface area contributed by atoms with E-state index >= 15 is 0 Å². The van der Waals surface area contributed by atoms with E-state index in [-0.39, 0.29) is 0 Å². The Morgan fingerprint density at radius 1 is 0.600 bits per heavy atom. The molecule has 0 heterocycles. The third kappa shape index (κ3) is 7.72. The van der Waals surface area contributed by atoms with Crippen LogP contribution in [0.3, 0.4) is 0 Å². The van der Waals surface area contributed by atoms with Gasteiger partial charge in [-0.3, -0.25) is 0 Å². The molecule has 0 aliphatic carbocycles. The zero-order valence-electron chi connectivity index (χ0n) is 16.2. The summed E-state index contributed by atoms with van der Waals surface area (Å²) in [6, 6.07) is 16.9. The third-order valence-corrected chi connectivity index (χ3v) is 4.22. The van der Waals surface area contributed by atoms with Gasteiger partial charge in [-0.2, -0.15) is 0 Å². The maximum atomic E-state index is 5.96. The number of benzene rings is 2. The molecule has 2 aromatic rings. The number of ether oxygens (including phenoxy) is 1. The van der Waals surface area contributed by atoms with Crippen LogP contribution in [0.1, 0.15) is 24.0 Å². The van der Waals surface area contributed by atoms with Gasteiger partial charge in [0.1, 0.15) is 11.5 Å². The summed E-state index contributed by atoms with van der Waals surface area (Å²) in [5, 5.41) is 0. The van der Waals surface area contributed by atoms with Gasteiger partial charge < -0.3 is 14.5 Å². The van der Waals surface area contributed by atoms with Crippen molar-refractivity contribution in [1.82, 2.24) is 9.80 Å². The highest BCUT2D eigenvalue weighted by molar-refractivity contribution is 5.34. The van der Waals surface area contributed by atoms with Crippen molar-refractivity contribution in [2.75, 3.05) is 41.3 Å². The average Bonchev–Trinajstić information content (AvgIpc) is 2.57. The molecule has 0 N–H and O–H groups in total. The minimum absolute atomic E-state index is 0.900. The Kier molecular flexibility index (Phi) is 7.96. The maximum absolute atomic E-state index is 5.96. The molecule has 0 saturated carbocycles. The first-order valence-corrected chi connectivity index (χ1v) is 9.18. The topological polar surface area (TPSA) is 15.7 Å². The molecule has 0 aliphatic heterocycles. The van der Waals surface area contributed by atoms with Gasteiger partial charge in [0.15, 0.2) is 0 Å². The van der Waals surface area contributed by atoms with Gasteiger partial charge in [0.25, 0.3) is 0 Å². The number of rotatable bonds is 10. The van der Waals surface area contributed by atoms with Crippen LogP contribution in [-0.2, 0) is 12.8 Å². The van der Waals surface area contributed by atoms with Crippen molar-refractivity contribution in [3.05, 3.63) is 59.7 Å². The first-order valence-electron chi connectivity index (χ1n) is 9.18. The molecule has 136 valence electrons. The van der Waals surface area contributed by atoms with Crippen molar-refractivity contribution < 1.29 is 4.74 Å². The monoisotopic (exact) mass is 340 g/mol. The van der Waals surface area contributed by atoms with Crippen molar-refractivity contribution in [2.45, 2.75) is 25.7 Å². The van der Waals surface area contributed by atoms with Crippen LogP contribution in [0.15, 0.2) is 48.5 Å². The van der Waals surface area contributed by atoms with Crippen LogP contribution >= 0.6 is 0 Å². The van der Waals surface area contributed by atoms with E-state index in [1.165, 1.54) is 24.0 Å². The van der Waals surface area contributed by atoms with Crippen molar-refractivity contribution in [3.63, 3.8) is 0 Å². The number of hydrogen-bond acceptors (Lipinski definition) is 3. The summed E-state index contributed by atoms with van der Waals surface area (Å²) in [4.78, 5) is 4.45. The lowest BCUT2D eigenvalue weighted by molar-refractivity contribution is 0.400. The summed E-state index contributed by atoms with van der Waals surface area (Å²) >= 11 is 0. The Morgan fingerprint density at radius 3 is 1.28 bits per heavy atom. The van der Waals surface area contributed by atoms with Crippen LogP contribution in [0.4, 0.5) is 0 Å². The first-order chi connectivity index (χ1) is 12.0. The van der Waals surface area contributed by atoms with Crippen LogP contribution in [0.25, 0.3) is 0 Å². The molecule has 0 radical (unpaired) electrons. The molecule has 0 atom stereocenters. The van der Waals surface area contributed by atoms with Crippen molar-refractivity contribution >= 4 is 0 Å². The van der Waals surface area contributed by atoms with E-state index in [2.05, 4.69) is 86.5 Å². The largest absolute Gasteiger partial charge is 0.457 e. The molecule has 0 bridgehead atoms. The van der Waals surface area contributed by atoms with Crippen molar-refractivity contribution in [3.8, 4) is 11.5 Å². The predicted molar refractivity (Wildman–Crippen MR) is 107 cm³/mol. The van der Waals surface area contributed by atoms with E-state index in [0.717, 1.165) is 37.4 Å². The van der Waals surface area contributed by atoms with Crippen molar-refractivity contribution in [2.24, 2.45) is 0 Å². The second kappa shape index (κ2) is 10.2. The summed E-state index contributed by atoms with van der Waals surface area (Å²) < 4.78 is 5.96.